The zero-order valence-corrected chi connectivity index (χ0v) is 9.52. The smallest absolute Gasteiger partial charge is 0.337 e. The third-order valence-corrected chi connectivity index (χ3v) is 2.83. The van der Waals surface area contributed by atoms with E-state index in [1.54, 1.807) is 14.1 Å². The highest BCUT2D eigenvalue weighted by atomic mass is 32.2. The third-order valence-electron chi connectivity index (χ3n) is 1.98. The third kappa shape index (κ3) is 2.50. The number of carboxylic acids is 1. The van der Waals surface area contributed by atoms with Gasteiger partial charge in [-0.3, -0.25) is 4.55 Å². The molecule has 1 aromatic carbocycles. The van der Waals surface area contributed by atoms with Crippen molar-refractivity contribution < 1.29 is 22.9 Å². The van der Waals surface area contributed by atoms with Crippen LogP contribution in [0.4, 0.5) is 5.69 Å². The van der Waals surface area contributed by atoms with Crippen molar-refractivity contribution in [3.05, 3.63) is 23.8 Å². The summed E-state index contributed by atoms with van der Waals surface area (Å²) in [6, 6.07) is 3.40. The van der Waals surface area contributed by atoms with Crippen LogP contribution in [0.15, 0.2) is 23.1 Å². The summed E-state index contributed by atoms with van der Waals surface area (Å²) in [6.45, 7) is 0. The van der Waals surface area contributed by atoms with E-state index >= 15 is 0 Å². The molecule has 16 heavy (non-hydrogen) atoms. The Morgan fingerprint density at radius 1 is 1.31 bits per heavy atom. The van der Waals surface area contributed by atoms with Gasteiger partial charge >= 0.3 is 5.97 Å². The summed E-state index contributed by atoms with van der Waals surface area (Å²) < 4.78 is 30.5. The minimum Gasteiger partial charge on any atom is -0.478 e. The van der Waals surface area contributed by atoms with Crippen LogP contribution in [0.25, 0.3) is 0 Å². The molecule has 0 amide bonds. The van der Waals surface area contributed by atoms with Gasteiger partial charge in [-0.15, -0.1) is 0 Å². The molecular weight excluding hydrogens is 234 g/mol. The van der Waals surface area contributed by atoms with Crippen molar-refractivity contribution in [2.24, 2.45) is 0 Å². The van der Waals surface area contributed by atoms with Gasteiger partial charge < -0.3 is 10.0 Å². The van der Waals surface area contributed by atoms with E-state index in [-0.39, 0.29) is 5.56 Å². The lowest BCUT2D eigenvalue weighted by Gasteiger charge is -2.15. The second-order valence-corrected chi connectivity index (χ2v) is 4.78. The maximum absolute atomic E-state index is 10.9. The van der Waals surface area contributed by atoms with E-state index in [0.29, 0.717) is 5.69 Å². The summed E-state index contributed by atoms with van der Waals surface area (Å²) in [5.41, 5.74) is 0.181. The van der Waals surface area contributed by atoms with Crippen LogP contribution in [0.3, 0.4) is 0 Å². The topological polar surface area (TPSA) is 94.9 Å². The van der Waals surface area contributed by atoms with Crippen LogP contribution in [0.5, 0.6) is 0 Å². The molecule has 0 aliphatic carbocycles. The standard InChI is InChI=1S/C9H11NO5S/c1-10(2)8-4-3-6(16(13,14)15)5-7(8)9(11)12/h3-5H,1-2H3,(H,11,12)(H,13,14,15). The van der Waals surface area contributed by atoms with Gasteiger partial charge in [-0.05, 0) is 18.2 Å². The first-order chi connectivity index (χ1) is 7.23. The molecule has 7 heteroatoms. The highest BCUT2D eigenvalue weighted by Crippen LogP contribution is 2.22. The molecule has 0 atom stereocenters. The van der Waals surface area contributed by atoms with Gasteiger partial charge in [-0.1, -0.05) is 0 Å². The van der Waals surface area contributed by atoms with Crippen molar-refractivity contribution in [3.8, 4) is 0 Å². The normalized spacial score (nSPS) is 11.2. The fourth-order valence-corrected chi connectivity index (χ4v) is 1.74. The molecule has 0 radical (unpaired) electrons. The lowest BCUT2D eigenvalue weighted by Crippen LogP contribution is -2.14. The highest BCUT2D eigenvalue weighted by Gasteiger charge is 2.17. The van der Waals surface area contributed by atoms with Crippen molar-refractivity contribution in [2.75, 3.05) is 19.0 Å². The fraction of sp³-hybridized carbons (Fsp3) is 0.222. The van der Waals surface area contributed by atoms with Crippen molar-refractivity contribution in [2.45, 2.75) is 4.90 Å². The summed E-state index contributed by atoms with van der Waals surface area (Å²) in [5, 5.41) is 8.90. The summed E-state index contributed by atoms with van der Waals surface area (Å²) in [5.74, 6) is -1.26. The Kier molecular flexibility index (Phi) is 3.20. The zero-order valence-electron chi connectivity index (χ0n) is 8.71. The fourth-order valence-electron chi connectivity index (χ4n) is 1.24. The molecule has 0 spiro atoms. The number of carboxylic acid groups (broad SMARTS) is 1. The van der Waals surface area contributed by atoms with E-state index < -0.39 is 21.0 Å². The van der Waals surface area contributed by atoms with Gasteiger partial charge in [0.25, 0.3) is 10.1 Å². The molecule has 0 fully saturated rings. The Balaban J connectivity index is 3.46. The molecule has 2 N–H and O–H groups in total. The predicted molar refractivity (Wildman–Crippen MR) is 57.5 cm³/mol. The van der Waals surface area contributed by atoms with Crippen LogP contribution in [-0.4, -0.2) is 38.1 Å². The van der Waals surface area contributed by atoms with E-state index in [4.69, 9.17) is 9.66 Å². The Hall–Kier alpha value is -1.60. The first-order valence-electron chi connectivity index (χ1n) is 4.25. The van der Waals surface area contributed by atoms with E-state index in [1.807, 2.05) is 0 Å². The molecule has 88 valence electrons. The zero-order chi connectivity index (χ0) is 12.5. The number of aromatic carboxylic acids is 1. The summed E-state index contributed by atoms with van der Waals surface area (Å²) in [4.78, 5) is 12.0. The lowest BCUT2D eigenvalue weighted by atomic mass is 10.1. The quantitative estimate of drug-likeness (QED) is 0.761. The van der Waals surface area contributed by atoms with E-state index in [0.717, 1.165) is 12.1 Å². The molecule has 0 saturated carbocycles. The summed E-state index contributed by atoms with van der Waals surface area (Å²) >= 11 is 0. The minimum atomic E-state index is -4.38. The van der Waals surface area contributed by atoms with Crippen LogP contribution in [0.1, 0.15) is 10.4 Å². The first kappa shape index (κ1) is 12.5. The van der Waals surface area contributed by atoms with Gasteiger partial charge in [0, 0.05) is 14.1 Å². The monoisotopic (exact) mass is 245 g/mol. The number of anilines is 1. The van der Waals surface area contributed by atoms with Crippen LogP contribution >= 0.6 is 0 Å². The van der Waals surface area contributed by atoms with Crippen molar-refractivity contribution in [1.82, 2.24) is 0 Å². The van der Waals surface area contributed by atoms with E-state index in [9.17, 15) is 13.2 Å². The molecule has 6 nitrogen and oxygen atoms in total. The van der Waals surface area contributed by atoms with Crippen LogP contribution in [0, 0.1) is 0 Å². The molecule has 1 aromatic rings. The Morgan fingerprint density at radius 3 is 2.25 bits per heavy atom. The molecule has 0 aromatic heterocycles. The second-order valence-electron chi connectivity index (χ2n) is 3.35. The molecular formula is C9H11NO5S. The SMILES string of the molecule is CN(C)c1ccc(S(=O)(=O)O)cc1C(=O)O. The Labute approximate surface area is 92.9 Å². The molecule has 0 aliphatic rings. The van der Waals surface area contributed by atoms with Gasteiger partial charge in [0.05, 0.1) is 16.1 Å². The molecule has 1 rings (SSSR count). The number of hydrogen-bond donors (Lipinski definition) is 2. The summed E-state index contributed by atoms with van der Waals surface area (Å²) in [7, 11) is -1.12. The number of hydrogen-bond acceptors (Lipinski definition) is 4. The van der Waals surface area contributed by atoms with Gasteiger partial charge in [-0.25, -0.2) is 4.79 Å². The average molecular weight is 245 g/mol. The van der Waals surface area contributed by atoms with Crippen molar-refractivity contribution in [1.29, 1.82) is 0 Å². The Bertz CT molecular complexity index is 521. The molecule has 0 bridgehead atoms. The van der Waals surface area contributed by atoms with Crippen molar-refractivity contribution in [3.63, 3.8) is 0 Å². The van der Waals surface area contributed by atoms with Crippen LogP contribution < -0.4 is 4.90 Å². The molecule has 0 heterocycles. The average Bonchev–Trinajstić information content (AvgIpc) is 2.15. The molecule has 0 saturated heterocycles. The van der Waals surface area contributed by atoms with Crippen molar-refractivity contribution >= 4 is 21.8 Å². The first-order valence-corrected chi connectivity index (χ1v) is 5.69. The van der Waals surface area contributed by atoms with Gasteiger partial charge in [-0.2, -0.15) is 8.42 Å². The Morgan fingerprint density at radius 2 is 1.88 bits per heavy atom. The second kappa shape index (κ2) is 4.11. The molecule has 0 unspecified atom stereocenters. The van der Waals surface area contributed by atoms with Gasteiger partial charge in [0.2, 0.25) is 0 Å². The number of rotatable bonds is 3. The maximum atomic E-state index is 10.9. The minimum absolute atomic E-state index is 0.180. The van der Waals surface area contributed by atoms with Gasteiger partial charge in [0.15, 0.2) is 0 Å². The number of carbonyl (C=O) groups is 1. The number of nitrogens with zero attached hydrogens (tertiary/aromatic N) is 1. The van der Waals surface area contributed by atoms with Crippen LogP contribution in [-0.2, 0) is 10.1 Å². The molecule has 0 aliphatic heterocycles. The maximum Gasteiger partial charge on any atom is 0.337 e. The van der Waals surface area contributed by atoms with E-state index in [1.165, 1.54) is 11.0 Å². The van der Waals surface area contributed by atoms with E-state index in [2.05, 4.69) is 0 Å². The predicted octanol–water partition coefficient (Wildman–Crippen LogP) is 0.697. The summed E-state index contributed by atoms with van der Waals surface area (Å²) in [6.07, 6.45) is 0. The highest BCUT2D eigenvalue weighted by molar-refractivity contribution is 7.85. The van der Waals surface area contributed by atoms with Gasteiger partial charge in [0.1, 0.15) is 0 Å². The number of benzene rings is 1. The van der Waals surface area contributed by atoms with Crippen LogP contribution in [0.2, 0.25) is 0 Å². The lowest BCUT2D eigenvalue weighted by molar-refractivity contribution is 0.0697. The largest absolute Gasteiger partial charge is 0.478 e.